The van der Waals surface area contributed by atoms with E-state index in [0.717, 1.165) is 12.1 Å². The first kappa shape index (κ1) is 18.9. The van der Waals surface area contributed by atoms with Crippen LogP contribution in [0, 0.1) is 0 Å². The van der Waals surface area contributed by atoms with Crippen molar-refractivity contribution in [3.05, 3.63) is 59.2 Å². The maximum Gasteiger partial charge on any atom is 0.416 e. The lowest BCUT2D eigenvalue weighted by molar-refractivity contribution is -0.137. The molecule has 2 aromatic carbocycles. The minimum atomic E-state index is -4.41. The van der Waals surface area contributed by atoms with Crippen molar-refractivity contribution in [3.63, 3.8) is 0 Å². The number of halogens is 3. The molecule has 0 aliphatic carbocycles. The molecule has 0 saturated heterocycles. The molecule has 0 fully saturated rings. The van der Waals surface area contributed by atoms with E-state index in [9.17, 15) is 22.8 Å². The third-order valence-electron chi connectivity index (χ3n) is 4.45. The van der Waals surface area contributed by atoms with Crippen LogP contribution in [0.5, 0.6) is 5.75 Å². The van der Waals surface area contributed by atoms with Gasteiger partial charge >= 0.3 is 6.18 Å². The molecule has 0 saturated carbocycles. The predicted molar refractivity (Wildman–Crippen MR) is 94.1 cm³/mol. The second-order valence-electron chi connectivity index (χ2n) is 6.36. The maximum atomic E-state index is 12.9. The molecule has 0 N–H and O–H groups in total. The predicted octanol–water partition coefficient (Wildman–Crippen LogP) is 4.27. The minimum Gasteiger partial charge on any atom is -0.484 e. The Morgan fingerprint density at radius 1 is 1.11 bits per heavy atom. The number of anilines is 1. The Labute approximate surface area is 154 Å². The fourth-order valence-corrected chi connectivity index (χ4v) is 3.04. The number of carbonyl (C=O) groups excluding carboxylic acids is 2. The molecule has 27 heavy (non-hydrogen) atoms. The number of hydrogen-bond acceptors (Lipinski definition) is 3. The average Bonchev–Trinajstić information content (AvgIpc) is 2.64. The Kier molecular flexibility index (Phi) is 5.21. The normalized spacial score (nSPS) is 13.9. The number of ether oxygens (including phenoxy) is 1. The zero-order valence-electron chi connectivity index (χ0n) is 14.7. The molecule has 0 unspecified atom stereocenters. The van der Waals surface area contributed by atoms with Crippen molar-refractivity contribution in [2.45, 2.75) is 25.9 Å². The zero-order valence-corrected chi connectivity index (χ0v) is 14.7. The van der Waals surface area contributed by atoms with E-state index in [-0.39, 0.29) is 18.3 Å². The molecule has 0 atom stereocenters. The van der Waals surface area contributed by atoms with Crippen molar-refractivity contribution in [1.82, 2.24) is 0 Å². The minimum absolute atomic E-state index is 0.0687. The van der Waals surface area contributed by atoms with E-state index in [2.05, 4.69) is 0 Å². The Bertz CT molecular complexity index is 860. The zero-order chi connectivity index (χ0) is 19.6. The van der Waals surface area contributed by atoms with Crippen LogP contribution in [0.25, 0.3) is 0 Å². The first-order chi connectivity index (χ1) is 12.8. The molecule has 0 aromatic heterocycles. The number of fused-ring (bicyclic) bond motifs is 1. The fraction of sp³-hybridized carbons (Fsp3) is 0.300. The second-order valence-corrected chi connectivity index (χ2v) is 6.36. The number of rotatable bonds is 4. The van der Waals surface area contributed by atoms with Gasteiger partial charge in [0.1, 0.15) is 5.75 Å². The number of carbonyl (C=O) groups is 2. The van der Waals surface area contributed by atoms with Crippen LogP contribution in [-0.4, -0.2) is 24.8 Å². The molecular weight excluding hydrogens is 359 g/mol. The van der Waals surface area contributed by atoms with Crippen LogP contribution in [-0.2, 0) is 17.4 Å². The summed E-state index contributed by atoms with van der Waals surface area (Å²) >= 11 is 0. The average molecular weight is 377 g/mol. The summed E-state index contributed by atoms with van der Waals surface area (Å²) in [5.41, 5.74) is 0.835. The van der Waals surface area contributed by atoms with Crippen molar-refractivity contribution >= 4 is 17.4 Å². The summed E-state index contributed by atoms with van der Waals surface area (Å²) in [6.07, 6.45) is -3.32. The lowest BCUT2D eigenvalue weighted by atomic mass is 9.99. The van der Waals surface area contributed by atoms with Gasteiger partial charge in [-0.25, -0.2) is 0 Å². The van der Waals surface area contributed by atoms with Gasteiger partial charge in [-0.15, -0.1) is 0 Å². The van der Waals surface area contributed by atoms with Gasteiger partial charge in [-0.2, -0.15) is 13.2 Å². The number of Topliss-reactive ketones (excluding diaryl/α,β-unsaturated/α-hetero) is 1. The third kappa shape index (κ3) is 4.30. The molecule has 3 rings (SSSR count). The van der Waals surface area contributed by atoms with Gasteiger partial charge in [-0.05, 0) is 67.8 Å². The van der Waals surface area contributed by atoms with Gasteiger partial charge in [-0.3, -0.25) is 9.59 Å². The molecule has 1 aliphatic heterocycles. The summed E-state index contributed by atoms with van der Waals surface area (Å²) in [4.78, 5) is 25.2. The van der Waals surface area contributed by atoms with Gasteiger partial charge in [-0.1, -0.05) is 0 Å². The highest BCUT2D eigenvalue weighted by Crippen LogP contribution is 2.35. The summed E-state index contributed by atoms with van der Waals surface area (Å²) < 4.78 is 44.1. The Balaban J connectivity index is 1.70. The summed E-state index contributed by atoms with van der Waals surface area (Å²) in [5, 5.41) is 0. The molecule has 1 heterocycles. The highest BCUT2D eigenvalue weighted by atomic mass is 19.4. The van der Waals surface area contributed by atoms with E-state index in [1.165, 1.54) is 17.9 Å². The molecule has 1 aliphatic rings. The topological polar surface area (TPSA) is 46.6 Å². The van der Waals surface area contributed by atoms with E-state index >= 15 is 0 Å². The molecule has 0 radical (unpaired) electrons. The number of benzene rings is 2. The monoisotopic (exact) mass is 377 g/mol. The van der Waals surface area contributed by atoms with E-state index in [1.807, 2.05) is 0 Å². The van der Waals surface area contributed by atoms with Crippen molar-refractivity contribution in [2.24, 2.45) is 0 Å². The van der Waals surface area contributed by atoms with Crippen LogP contribution in [0.1, 0.15) is 34.8 Å². The first-order valence-corrected chi connectivity index (χ1v) is 8.50. The molecule has 2 aromatic rings. The molecule has 0 spiro atoms. The van der Waals surface area contributed by atoms with E-state index in [1.54, 1.807) is 24.3 Å². The Morgan fingerprint density at radius 3 is 2.44 bits per heavy atom. The Hall–Kier alpha value is -2.83. The van der Waals surface area contributed by atoms with E-state index in [0.29, 0.717) is 42.0 Å². The van der Waals surface area contributed by atoms with Gasteiger partial charge in [0.25, 0.3) is 5.91 Å². The van der Waals surface area contributed by atoms with Gasteiger partial charge < -0.3 is 9.64 Å². The van der Waals surface area contributed by atoms with Crippen LogP contribution >= 0.6 is 0 Å². The summed E-state index contributed by atoms with van der Waals surface area (Å²) in [6.45, 7) is 1.65. The second kappa shape index (κ2) is 7.42. The summed E-state index contributed by atoms with van der Waals surface area (Å²) in [7, 11) is 0. The number of amides is 1. The van der Waals surface area contributed by atoms with Crippen LogP contribution in [0.15, 0.2) is 42.5 Å². The molecule has 1 amide bonds. The number of ketones is 1. The molecular formula is C20H18F3NO3. The highest BCUT2D eigenvalue weighted by Gasteiger charge is 2.32. The molecule has 7 heteroatoms. The number of aryl methyl sites for hydroxylation is 1. The molecule has 142 valence electrons. The van der Waals surface area contributed by atoms with Crippen molar-refractivity contribution in [2.75, 3.05) is 18.1 Å². The third-order valence-corrected chi connectivity index (χ3v) is 4.45. The van der Waals surface area contributed by atoms with Crippen LogP contribution in [0.4, 0.5) is 18.9 Å². The van der Waals surface area contributed by atoms with Crippen molar-refractivity contribution in [3.8, 4) is 5.75 Å². The number of hydrogen-bond donors (Lipinski definition) is 0. The van der Waals surface area contributed by atoms with Gasteiger partial charge in [0.05, 0.1) is 5.56 Å². The van der Waals surface area contributed by atoms with Crippen molar-refractivity contribution < 1.29 is 27.5 Å². The highest BCUT2D eigenvalue weighted by molar-refractivity contribution is 5.96. The van der Waals surface area contributed by atoms with E-state index in [4.69, 9.17) is 4.74 Å². The van der Waals surface area contributed by atoms with Crippen LogP contribution in [0.3, 0.4) is 0 Å². The SMILES string of the molecule is CC(=O)c1ccc(OCC(=O)N2CCCc3cc(C(F)(F)F)ccc32)cc1. The lowest BCUT2D eigenvalue weighted by Crippen LogP contribution is -2.38. The number of nitrogens with zero attached hydrogens (tertiary/aromatic N) is 1. The summed E-state index contributed by atoms with van der Waals surface area (Å²) in [6, 6.07) is 9.86. The molecule has 0 bridgehead atoms. The van der Waals surface area contributed by atoms with Crippen LogP contribution < -0.4 is 9.64 Å². The largest absolute Gasteiger partial charge is 0.484 e. The fourth-order valence-electron chi connectivity index (χ4n) is 3.04. The quantitative estimate of drug-likeness (QED) is 0.748. The summed E-state index contributed by atoms with van der Waals surface area (Å²) in [5.74, 6) is 0.0464. The first-order valence-electron chi connectivity index (χ1n) is 8.50. The van der Waals surface area contributed by atoms with Gasteiger partial charge in [0.15, 0.2) is 12.4 Å². The van der Waals surface area contributed by atoms with Gasteiger partial charge in [0.2, 0.25) is 0 Å². The van der Waals surface area contributed by atoms with Gasteiger partial charge in [0, 0.05) is 17.8 Å². The van der Waals surface area contributed by atoms with Crippen molar-refractivity contribution in [1.29, 1.82) is 0 Å². The van der Waals surface area contributed by atoms with Crippen LogP contribution in [0.2, 0.25) is 0 Å². The molecule has 4 nitrogen and oxygen atoms in total. The smallest absolute Gasteiger partial charge is 0.416 e. The Morgan fingerprint density at radius 2 is 1.81 bits per heavy atom. The van der Waals surface area contributed by atoms with E-state index < -0.39 is 11.7 Å². The standard InChI is InChI=1S/C20H18F3NO3/c1-13(25)14-4-7-17(8-5-14)27-12-19(26)24-10-2-3-15-11-16(20(21,22)23)6-9-18(15)24/h4-9,11H,2-3,10,12H2,1H3. The maximum absolute atomic E-state index is 12.9. The lowest BCUT2D eigenvalue weighted by Gasteiger charge is -2.30. The number of alkyl halides is 3.